The van der Waals surface area contributed by atoms with Crippen LogP contribution in [0.4, 0.5) is 5.69 Å². The zero-order chi connectivity index (χ0) is 24.0. The summed E-state index contributed by atoms with van der Waals surface area (Å²) >= 11 is 0. The molecule has 0 spiro atoms. The first-order valence-corrected chi connectivity index (χ1v) is 11.1. The highest BCUT2D eigenvalue weighted by atomic mass is 16.1. The Morgan fingerprint density at radius 1 is 0.971 bits per heavy atom. The molecule has 0 saturated heterocycles. The molecule has 0 radical (unpaired) electrons. The lowest BCUT2D eigenvalue weighted by atomic mass is 10.1. The maximum atomic E-state index is 13.1. The number of hydrogen-bond donors (Lipinski definition) is 1. The smallest absolute Gasteiger partial charge is 0.266 e. The van der Waals surface area contributed by atoms with Crippen LogP contribution in [-0.2, 0) is 11.3 Å². The summed E-state index contributed by atoms with van der Waals surface area (Å²) in [4.78, 5) is 17.3. The van der Waals surface area contributed by atoms with Crippen LogP contribution in [0.1, 0.15) is 11.1 Å². The van der Waals surface area contributed by atoms with Gasteiger partial charge in [0.1, 0.15) is 17.3 Å². The van der Waals surface area contributed by atoms with Crippen molar-refractivity contribution in [1.29, 1.82) is 5.26 Å². The third kappa shape index (κ3) is 4.85. The molecule has 6 heteroatoms. The third-order valence-electron chi connectivity index (χ3n) is 5.62. The number of nitrogens with one attached hydrogen (secondary N) is 1. The Hall–Kier alpha value is -5.02. The predicted octanol–water partition coefficient (Wildman–Crippen LogP) is 5.69. The van der Waals surface area contributed by atoms with Crippen LogP contribution >= 0.6 is 0 Å². The molecule has 2 aromatic heterocycles. The molecule has 0 saturated carbocycles. The van der Waals surface area contributed by atoms with E-state index < -0.39 is 5.91 Å². The lowest BCUT2D eigenvalue weighted by molar-refractivity contribution is -0.112. The molecule has 0 unspecified atom stereocenters. The highest BCUT2D eigenvalue weighted by Crippen LogP contribution is 2.26. The minimum Gasteiger partial charge on any atom is -0.321 e. The van der Waals surface area contributed by atoms with Gasteiger partial charge in [0.2, 0.25) is 0 Å². The van der Waals surface area contributed by atoms with Crippen LogP contribution in [0, 0.1) is 11.3 Å². The Morgan fingerprint density at radius 2 is 1.77 bits per heavy atom. The minimum absolute atomic E-state index is 0.0117. The number of benzene rings is 3. The molecule has 168 valence electrons. The first-order valence-electron chi connectivity index (χ1n) is 11.1. The van der Waals surface area contributed by atoms with Gasteiger partial charge in [-0.15, -0.1) is 0 Å². The summed E-state index contributed by atoms with van der Waals surface area (Å²) in [5, 5.41) is 19.4. The first-order chi connectivity index (χ1) is 17.2. The molecule has 2 heterocycles. The fourth-order valence-corrected chi connectivity index (χ4v) is 3.95. The number of pyridine rings is 1. The van der Waals surface area contributed by atoms with Crippen LogP contribution < -0.4 is 5.32 Å². The van der Waals surface area contributed by atoms with E-state index in [0.29, 0.717) is 23.5 Å². The highest BCUT2D eigenvalue weighted by Gasteiger charge is 2.16. The van der Waals surface area contributed by atoms with Gasteiger partial charge in [-0.25, -0.2) is 0 Å². The summed E-state index contributed by atoms with van der Waals surface area (Å²) in [5.41, 5.74) is 3.86. The number of carbonyl (C=O) groups excluding carboxylic acids is 1. The number of fused-ring (bicyclic) bond motifs is 1. The molecule has 6 nitrogen and oxygen atoms in total. The maximum Gasteiger partial charge on any atom is 0.266 e. The van der Waals surface area contributed by atoms with E-state index in [1.807, 2.05) is 91.1 Å². The van der Waals surface area contributed by atoms with Crippen molar-refractivity contribution >= 4 is 28.4 Å². The molecular weight excluding hydrogens is 434 g/mol. The van der Waals surface area contributed by atoms with Gasteiger partial charge in [-0.1, -0.05) is 66.7 Å². The van der Waals surface area contributed by atoms with Crippen LogP contribution in [0.2, 0.25) is 0 Å². The molecule has 0 aliphatic rings. The lowest BCUT2D eigenvalue weighted by Gasteiger charge is -2.08. The number of rotatable bonds is 6. The van der Waals surface area contributed by atoms with E-state index >= 15 is 0 Å². The van der Waals surface area contributed by atoms with Gasteiger partial charge in [0.25, 0.3) is 5.91 Å². The van der Waals surface area contributed by atoms with E-state index in [1.165, 1.54) is 0 Å². The number of anilines is 1. The van der Waals surface area contributed by atoms with Crippen molar-refractivity contribution in [3.8, 4) is 17.3 Å². The maximum absolute atomic E-state index is 13.1. The average molecular weight is 456 g/mol. The van der Waals surface area contributed by atoms with Crippen molar-refractivity contribution in [3.05, 3.63) is 120 Å². The minimum atomic E-state index is -0.475. The largest absolute Gasteiger partial charge is 0.321 e. The molecule has 5 rings (SSSR count). The van der Waals surface area contributed by atoms with Crippen LogP contribution in [0.25, 0.3) is 28.1 Å². The molecule has 0 aliphatic carbocycles. The van der Waals surface area contributed by atoms with Gasteiger partial charge in [-0.05, 0) is 35.2 Å². The molecule has 0 fully saturated rings. The zero-order valence-electron chi connectivity index (χ0n) is 18.8. The molecule has 0 bridgehead atoms. The van der Waals surface area contributed by atoms with Gasteiger partial charge in [0.15, 0.2) is 0 Å². The standard InChI is InChI=1S/C29H21N5O/c30-17-24(29(35)32-27-14-6-11-22-10-4-5-13-26(22)27)16-25-20-34(19-21-8-2-1-3-9-21)33-28(25)23-12-7-15-31-18-23/h1-16,18,20H,19H2,(H,32,35)/b24-16+. The van der Waals surface area contributed by atoms with Gasteiger partial charge in [-0.3, -0.25) is 14.5 Å². The number of aromatic nitrogens is 3. The lowest BCUT2D eigenvalue weighted by Crippen LogP contribution is -2.13. The second kappa shape index (κ2) is 9.86. The Kier molecular flexibility index (Phi) is 6.14. The molecule has 0 atom stereocenters. The SMILES string of the molecule is N#C/C(=C\c1cn(Cc2ccccc2)nc1-c1cccnc1)C(=O)Nc1cccc2ccccc12. The second-order valence-electron chi connectivity index (χ2n) is 8.01. The summed E-state index contributed by atoms with van der Waals surface area (Å²) in [5.74, 6) is -0.475. The molecule has 35 heavy (non-hydrogen) atoms. The summed E-state index contributed by atoms with van der Waals surface area (Å²) in [6.07, 6.45) is 6.84. The van der Waals surface area contributed by atoms with Crippen molar-refractivity contribution < 1.29 is 4.79 Å². The third-order valence-corrected chi connectivity index (χ3v) is 5.62. The number of nitrogens with zero attached hydrogens (tertiary/aromatic N) is 4. The molecular formula is C29H21N5O. The summed E-state index contributed by atoms with van der Waals surface area (Å²) < 4.78 is 1.81. The molecule has 1 N–H and O–H groups in total. The average Bonchev–Trinajstić information content (AvgIpc) is 3.30. The van der Waals surface area contributed by atoms with Crippen molar-refractivity contribution in [2.24, 2.45) is 0 Å². The predicted molar refractivity (Wildman–Crippen MR) is 137 cm³/mol. The van der Waals surface area contributed by atoms with Gasteiger partial charge in [0.05, 0.1) is 6.54 Å². The van der Waals surface area contributed by atoms with Crippen LogP contribution in [0.15, 0.2) is 109 Å². The van der Waals surface area contributed by atoms with E-state index in [2.05, 4.69) is 16.4 Å². The van der Waals surface area contributed by atoms with Gasteiger partial charge in [0, 0.05) is 40.8 Å². The number of nitriles is 1. The highest BCUT2D eigenvalue weighted by molar-refractivity contribution is 6.13. The van der Waals surface area contributed by atoms with E-state index in [9.17, 15) is 10.1 Å². The summed E-state index contributed by atoms with van der Waals surface area (Å²) in [7, 11) is 0. The fraction of sp³-hybridized carbons (Fsp3) is 0.0345. The van der Waals surface area contributed by atoms with E-state index in [-0.39, 0.29) is 5.57 Å². The quantitative estimate of drug-likeness (QED) is 0.263. The molecule has 0 aliphatic heterocycles. The van der Waals surface area contributed by atoms with Gasteiger partial charge >= 0.3 is 0 Å². The summed E-state index contributed by atoms with van der Waals surface area (Å²) in [6, 6.07) is 29.2. The summed E-state index contributed by atoms with van der Waals surface area (Å²) in [6.45, 7) is 0.562. The molecule has 3 aromatic carbocycles. The van der Waals surface area contributed by atoms with Crippen molar-refractivity contribution in [2.75, 3.05) is 5.32 Å². The molecule has 1 amide bonds. The van der Waals surface area contributed by atoms with Crippen LogP contribution in [0.5, 0.6) is 0 Å². The van der Waals surface area contributed by atoms with E-state index in [0.717, 1.165) is 21.9 Å². The van der Waals surface area contributed by atoms with Crippen molar-refractivity contribution in [2.45, 2.75) is 6.54 Å². The number of amides is 1. The van der Waals surface area contributed by atoms with Crippen LogP contribution in [0.3, 0.4) is 0 Å². The Morgan fingerprint density at radius 3 is 2.57 bits per heavy atom. The van der Waals surface area contributed by atoms with E-state index in [1.54, 1.807) is 23.2 Å². The number of carbonyl (C=O) groups is 1. The van der Waals surface area contributed by atoms with E-state index in [4.69, 9.17) is 5.10 Å². The fourth-order valence-electron chi connectivity index (χ4n) is 3.95. The molecule has 5 aromatic rings. The Labute approximate surface area is 202 Å². The van der Waals surface area contributed by atoms with Crippen molar-refractivity contribution in [1.82, 2.24) is 14.8 Å². The Bertz CT molecular complexity index is 1560. The monoisotopic (exact) mass is 455 g/mol. The second-order valence-corrected chi connectivity index (χ2v) is 8.01. The van der Waals surface area contributed by atoms with Gasteiger partial charge < -0.3 is 5.32 Å². The first kappa shape index (κ1) is 21.8. The Balaban J connectivity index is 1.50. The van der Waals surface area contributed by atoms with Crippen LogP contribution in [-0.4, -0.2) is 20.7 Å². The topological polar surface area (TPSA) is 83.6 Å². The number of hydrogen-bond acceptors (Lipinski definition) is 4. The van der Waals surface area contributed by atoms with Gasteiger partial charge in [-0.2, -0.15) is 10.4 Å². The normalized spacial score (nSPS) is 11.2. The van der Waals surface area contributed by atoms with Crippen molar-refractivity contribution in [3.63, 3.8) is 0 Å². The zero-order valence-corrected chi connectivity index (χ0v) is 18.8.